The summed E-state index contributed by atoms with van der Waals surface area (Å²) in [6.45, 7) is 5.73. The van der Waals surface area contributed by atoms with E-state index >= 15 is 0 Å². The summed E-state index contributed by atoms with van der Waals surface area (Å²) in [5.41, 5.74) is 1.62. The van der Waals surface area contributed by atoms with Crippen LogP contribution in [0.5, 0.6) is 0 Å². The molecule has 1 N–H and O–H groups in total. The van der Waals surface area contributed by atoms with Gasteiger partial charge in [0, 0.05) is 26.5 Å². The molecule has 0 aliphatic carbocycles. The quantitative estimate of drug-likeness (QED) is 0.397. The third-order valence-electron chi connectivity index (χ3n) is 4.46. The molecule has 0 fully saturated rings. The minimum absolute atomic E-state index is 0.269. The number of amidine groups is 1. The Labute approximate surface area is 192 Å². The first-order chi connectivity index (χ1) is 13.8. The van der Waals surface area contributed by atoms with Crippen LogP contribution < -0.4 is 5.32 Å². The molecule has 1 aliphatic rings. The smallest absolute Gasteiger partial charge is 0.317 e. The second-order valence-corrected chi connectivity index (χ2v) is 9.18. The van der Waals surface area contributed by atoms with E-state index in [1.807, 2.05) is 17.5 Å². The molecule has 0 bridgehead atoms. The molecule has 3 rings (SSSR count). The fourth-order valence-electron chi connectivity index (χ4n) is 2.77. The van der Waals surface area contributed by atoms with E-state index in [0.29, 0.717) is 38.5 Å². The molecule has 9 heteroatoms. The van der Waals surface area contributed by atoms with Gasteiger partial charge in [0.1, 0.15) is 5.41 Å². The number of rotatable bonds is 6. The average molecular weight is 517 g/mol. The molecule has 1 unspecified atom stereocenters. The van der Waals surface area contributed by atoms with E-state index < -0.39 is 5.41 Å². The highest BCUT2D eigenvalue weighted by Gasteiger charge is 2.34. The lowest BCUT2D eigenvalue weighted by molar-refractivity contribution is -0.148. The Kier molecular flexibility index (Phi) is 7.04. The first-order valence-electron chi connectivity index (χ1n) is 8.96. The van der Waals surface area contributed by atoms with Crippen LogP contribution in [-0.4, -0.2) is 28.7 Å². The molecule has 0 saturated carbocycles. The van der Waals surface area contributed by atoms with Gasteiger partial charge < -0.3 is 10.1 Å². The summed E-state index contributed by atoms with van der Waals surface area (Å²) < 4.78 is 5.19. The number of benzene rings is 1. The summed E-state index contributed by atoms with van der Waals surface area (Å²) in [5.74, 6) is 0.330. The second kappa shape index (κ2) is 9.16. The van der Waals surface area contributed by atoms with Gasteiger partial charge in [-0.1, -0.05) is 45.2 Å². The van der Waals surface area contributed by atoms with E-state index in [1.165, 1.54) is 11.3 Å². The molecule has 5 nitrogen and oxygen atoms in total. The molecule has 29 heavy (non-hydrogen) atoms. The van der Waals surface area contributed by atoms with Crippen LogP contribution in [0.4, 0.5) is 0 Å². The minimum Gasteiger partial charge on any atom is -0.465 e. The van der Waals surface area contributed by atoms with Crippen LogP contribution in [0, 0.1) is 0 Å². The van der Waals surface area contributed by atoms with Gasteiger partial charge in [-0.25, -0.2) is 4.98 Å². The molecule has 154 valence electrons. The maximum Gasteiger partial charge on any atom is 0.317 e. The molecule has 1 atom stereocenters. The van der Waals surface area contributed by atoms with Crippen molar-refractivity contribution in [2.45, 2.75) is 32.2 Å². The van der Waals surface area contributed by atoms with E-state index in [4.69, 9.17) is 32.9 Å². The lowest BCUT2D eigenvalue weighted by Crippen LogP contribution is -2.32. The third-order valence-corrected chi connectivity index (χ3v) is 6.48. The molecular formula is C20H20BrCl2N3O2S. The number of hydrogen-bond donors (Lipinski definition) is 1. The number of halogens is 3. The molecule has 0 saturated heterocycles. The monoisotopic (exact) mass is 515 g/mol. The highest BCUT2D eigenvalue weighted by molar-refractivity contribution is 9.09. The highest BCUT2D eigenvalue weighted by Crippen LogP contribution is 2.33. The highest BCUT2D eigenvalue weighted by atomic mass is 79.9. The number of alkyl halides is 1. The zero-order valence-corrected chi connectivity index (χ0v) is 20.0. The number of ether oxygens (including phenoxy) is 1. The average Bonchev–Trinajstić information content (AvgIpc) is 3.19. The van der Waals surface area contributed by atoms with Gasteiger partial charge >= 0.3 is 5.97 Å². The van der Waals surface area contributed by atoms with Crippen LogP contribution in [0.15, 0.2) is 40.3 Å². The van der Waals surface area contributed by atoms with Crippen molar-refractivity contribution in [2.24, 2.45) is 4.99 Å². The number of hydrogen-bond acceptors (Lipinski definition) is 6. The van der Waals surface area contributed by atoms with Gasteiger partial charge in [0.25, 0.3) is 0 Å². The molecule has 2 heterocycles. The van der Waals surface area contributed by atoms with E-state index in [0.717, 1.165) is 11.3 Å². The summed E-state index contributed by atoms with van der Waals surface area (Å²) >= 11 is 17.3. The summed E-state index contributed by atoms with van der Waals surface area (Å²) in [6, 6.07) is 5.11. The van der Waals surface area contributed by atoms with Crippen LogP contribution in [0.2, 0.25) is 10.0 Å². The lowest BCUT2D eigenvalue weighted by atomic mass is 9.90. The summed E-state index contributed by atoms with van der Waals surface area (Å²) in [4.78, 5) is 21.8. The molecule has 1 aromatic carbocycles. The molecule has 0 spiro atoms. The number of nitrogens with zero attached hydrogens (tertiary/aromatic N) is 2. The maximum absolute atomic E-state index is 12.3. The predicted octanol–water partition coefficient (Wildman–Crippen LogP) is 5.66. The zero-order valence-electron chi connectivity index (χ0n) is 16.1. The van der Waals surface area contributed by atoms with E-state index in [9.17, 15) is 4.79 Å². The normalized spacial score (nSPS) is 16.7. The Morgan fingerprint density at radius 3 is 2.79 bits per heavy atom. The van der Waals surface area contributed by atoms with Gasteiger partial charge in [-0.2, -0.15) is 0 Å². The number of aliphatic imine (C=N–C) groups is 1. The molecule has 0 radical (unpaired) electrons. The molecule has 0 amide bonds. The molecule has 1 aromatic heterocycles. The number of allylic oxidation sites excluding steroid dienone is 1. The number of nitrogens with one attached hydrogen (secondary N) is 1. The predicted molar refractivity (Wildman–Crippen MR) is 123 cm³/mol. The molecular weight excluding hydrogens is 497 g/mol. The van der Waals surface area contributed by atoms with Gasteiger partial charge in [-0.05, 0) is 44.5 Å². The van der Waals surface area contributed by atoms with Crippen LogP contribution in [-0.2, 0) is 14.9 Å². The van der Waals surface area contributed by atoms with Crippen molar-refractivity contribution in [1.29, 1.82) is 0 Å². The van der Waals surface area contributed by atoms with Crippen molar-refractivity contribution in [2.75, 3.05) is 11.9 Å². The molecule has 1 aliphatic heterocycles. The van der Waals surface area contributed by atoms with Gasteiger partial charge in [-0.15, -0.1) is 11.3 Å². The Morgan fingerprint density at radius 1 is 1.38 bits per heavy atom. The van der Waals surface area contributed by atoms with Crippen LogP contribution in [0.1, 0.15) is 43.1 Å². The number of aromatic nitrogens is 1. The Balaban J connectivity index is 1.95. The Hall–Kier alpha value is -1.41. The van der Waals surface area contributed by atoms with Gasteiger partial charge in [0.15, 0.2) is 10.8 Å². The largest absolute Gasteiger partial charge is 0.465 e. The number of carbonyl (C=O) groups is 1. The van der Waals surface area contributed by atoms with Crippen molar-refractivity contribution < 1.29 is 9.53 Å². The van der Waals surface area contributed by atoms with Crippen molar-refractivity contribution in [1.82, 2.24) is 10.3 Å². The summed E-state index contributed by atoms with van der Waals surface area (Å²) in [7, 11) is 0. The number of carbonyl (C=O) groups excluding carboxylic acids is 1. The first kappa shape index (κ1) is 22.3. The fourth-order valence-corrected chi connectivity index (χ4v) is 4.55. The molecule has 2 aromatic rings. The number of esters is 1. The topological polar surface area (TPSA) is 63.6 Å². The van der Waals surface area contributed by atoms with E-state index in [1.54, 1.807) is 32.9 Å². The van der Waals surface area contributed by atoms with Crippen molar-refractivity contribution >= 4 is 62.3 Å². The third kappa shape index (κ3) is 4.85. The van der Waals surface area contributed by atoms with Crippen LogP contribution in [0.25, 0.3) is 0 Å². The van der Waals surface area contributed by atoms with Gasteiger partial charge in [-0.3, -0.25) is 9.79 Å². The Bertz CT molecular complexity index is 988. The van der Waals surface area contributed by atoms with E-state index in [-0.39, 0.29) is 12.0 Å². The second-order valence-electron chi connectivity index (χ2n) is 6.92. The summed E-state index contributed by atoms with van der Waals surface area (Å²) in [5, 5.41) is 7.62. The van der Waals surface area contributed by atoms with E-state index in [2.05, 4.69) is 26.2 Å². The first-order valence-corrected chi connectivity index (χ1v) is 11.7. The number of thiazole rings is 1. The maximum atomic E-state index is 12.3. The van der Waals surface area contributed by atoms with Crippen LogP contribution >= 0.6 is 50.5 Å². The minimum atomic E-state index is -0.840. The van der Waals surface area contributed by atoms with Gasteiger partial charge in [0.05, 0.1) is 18.3 Å². The van der Waals surface area contributed by atoms with Crippen LogP contribution in [0.3, 0.4) is 0 Å². The van der Waals surface area contributed by atoms with Crippen molar-refractivity contribution in [3.05, 3.63) is 61.7 Å². The Morgan fingerprint density at radius 2 is 2.14 bits per heavy atom. The van der Waals surface area contributed by atoms with Gasteiger partial charge in [0.2, 0.25) is 0 Å². The summed E-state index contributed by atoms with van der Waals surface area (Å²) in [6.07, 6.45) is 2.00. The SMILES string of the molecule is CCOC(=O)C(C)(C)c1csc(C2=NC(c3ccc(Cl)cc3Cl)C=C(CBr)N2)n1. The lowest BCUT2D eigenvalue weighted by Gasteiger charge is -2.22. The fraction of sp³-hybridized carbons (Fsp3) is 0.350. The standard InChI is InChI=1S/C20H20BrCl2N3O2S/c1-4-28-19(27)20(2,3)16-10-29-18(26-16)17-24-12(9-21)8-15(25-17)13-6-5-11(22)7-14(13)23/h5-8,10,15H,4,9H2,1-3H3,(H,24,25). The van der Waals surface area contributed by atoms with Crippen molar-refractivity contribution in [3.8, 4) is 0 Å². The zero-order chi connectivity index (χ0) is 21.2. The van der Waals surface area contributed by atoms with Crippen molar-refractivity contribution in [3.63, 3.8) is 0 Å².